The monoisotopic (exact) mass is 460 g/mol. The molecule has 32 heavy (non-hydrogen) atoms. The van der Waals surface area contributed by atoms with E-state index in [1.165, 1.54) is 30.5 Å². The largest absolute Gasteiger partial charge is 0.339 e. The molecule has 0 aliphatic carbocycles. The number of halogens is 1. The van der Waals surface area contributed by atoms with Crippen molar-refractivity contribution in [1.29, 1.82) is 0 Å². The van der Waals surface area contributed by atoms with Gasteiger partial charge in [-0.3, -0.25) is 4.79 Å². The number of fused-ring (bicyclic) bond motifs is 1. The second-order valence-electron chi connectivity index (χ2n) is 7.94. The summed E-state index contributed by atoms with van der Waals surface area (Å²) in [7, 11) is 1.16. The number of rotatable bonds is 8. The second kappa shape index (κ2) is 9.38. The van der Waals surface area contributed by atoms with E-state index < -0.39 is 10.0 Å². The smallest absolute Gasteiger partial charge is 0.242 e. The maximum Gasteiger partial charge on any atom is 0.242 e. The maximum atomic E-state index is 13.2. The van der Waals surface area contributed by atoms with Crippen LogP contribution in [0.1, 0.15) is 37.7 Å². The van der Waals surface area contributed by atoms with Gasteiger partial charge in [0.1, 0.15) is 11.6 Å². The van der Waals surface area contributed by atoms with Crippen LogP contribution in [0.5, 0.6) is 0 Å². The Labute approximate surface area is 188 Å². The summed E-state index contributed by atoms with van der Waals surface area (Å²) < 4.78 is 41.2. The van der Waals surface area contributed by atoms with Gasteiger partial charge in [0, 0.05) is 40.5 Å². The fourth-order valence-corrected chi connectivity index (χ4v) is 4.57. The molecule has 0 radical (unpaired) electrons. The number of aryl methyl sites for hydroxylation is 2. The van der Waals surface area contributed by atoms with Crippen LogP contribution in [0.3, 0.4) is 0 Å². The fraction of sp³-hybridized carbons (Fsp3) is 0.391. The van der Waals surface area contributed by atoms with Crippen molar-refractivity contribution in [3.63, 3.8) is 0 Å². The summed E-state index contributed by atoms with van der Waals surface area (Å²) in [5.74, 6) is 0.375. The molecule has 1 aromatic heterocycles. The van der Waals surface area contributed by atoms with Crippen LogP contribution in [0.25, 0.3) is 11.0 Å². The van der Waals surface area contributed by atoms with Gasteiger partial charge in [-0.1, -0.05) is 12.1 Å². The number of imidazole rings is 1. The number of hydrogen-bond acceptors (Lipinski definition) is 4. The van der Waals surface area contributed by atoms with Gasteiger partial charge < -0.3 is 9.47 Å². The van der Waals surface area contributed by atoms with Gasteiger partial charge in [0.25, 0.3) is 0 Å². The zero-order valence-corrected chi connectivity index (χ0v) is 19.9. The third-order valence-electron chi connectivity index (χ3n) is 5.78. The van der Waals surface area contributed by atoms with Crippen LogP contribution >= 0.6 is 0 Å². The Morgan fingerprint density at radius 1 is 1.12 bits per heavy atom. The number of sulfonamides is 1. The lowest BCUT2D eigenvalue weighted by Crippen LogP contribution is -2.30. The molecular weight excluding hydrogens is 431 g/mol. The van der Waals surface area contributed by atoms with E-state index in [1.54, 1.807) is 42.3 Å². The second-order valence-corrected chi connectivity index (χ2v) is 10.1. The predicted octanol–water partition coefficient (Wildman–Crippen LogP) is 3.60. The molecule has 1 amide bonds. The van der Waals surface area contributed by atoms with Gasteiger partial charge >= 0.3 is 0 Å². The van der Waals surface area contributed by atoms with Crippen LogP contribution in [-0.2, 0) is 27.8 Å². The summed E-state index contributed by atoms with van der Waals surface area (Å²) in [6, 6.07) is 10.9. The molecule has 3 aromatic rings. The van der Waals surface area contributed by atoms with Crippen LogP contribution in [0.2, 0.25) is 0 Å². The van der Waals surface area contributed by atoms with Crippen molar-refractivity contribution in [1.82, 2.24) is 18.8 Å². The molecule has 9 heteroatoms. The summed E-state index contributed by atoms with van der Waals surface area (Å²) in [6.07, 6.45) is 0.686. The van der Waals surface area contributed by atoms with Crippen LogP contribution in [0, 0.1) is 5.82 Å². The highest BCUT2D eigenvalue weighted by atomic mass is 32.2. The topological polar surface area (TPSA) is 75.5 Å². The number of carbonyl (C=O) groups excluding carboxylic acids is 1. The number of amides is 1. The van der Waals surface area contributed by atoms with Crippen molar-refractivity contribution in [2.45, 2.75) is 44.2 Å². The first-order chi connectivity index (χ1) is 15.1. The van der Waals surface area contributed by atoms with Crippen LogP contribution in [-0.4, -0.2) is 54.2 Å². The van der Waals surface area contributed by atoms with Crippen molar-refractivity contribution in [2.75, 3.05) is 21.1 Å². The Kier molecular flexibility index (Phi) is 7.00. The first-order valence-electron chi connectivity index (χ1n) is 10.5. The number of carbonyl (C=O) groups is 1. The average Bonchev–Trinajstić information content (AvgIpc) is 3.13. The van der Waals surface area contributed by atoms with Gasteiger partial charge in [0.15, 0.2) is 0 Å². The van der Waals surface area contributed by atoms with Gasteiger partial charge in [-0.25, -0.2) is 22.1 Å². The van der Waals surface area contributed by atoms with E-state index in [4.69, 9.17) is 0 Å². The lowest BCUT2D eigenvalue weighted by molar-refractivity contribution is -0.131. The minimum atomic E-state index is -3.55. The Morgan fingerprint density at radius 3 is 2.38 bits per heavy atom. The zero-order chi connectivity index (χ0) is 23.6. The lowest BCUT2D eigenvalue weighted by Gasteiger charge is -2.25. The van der Waals surface area contributed by atoms with Gasteiger partial charge in [-0.15, -0.1) is 0 Å². The summed E-state index contributed by atoms with van der Waals surface area (Å²) >= 11 is 0. The normalized spacial score (nSPS) is 13.0. The first kappa shape index (κ1) is 23.9. The molecule has 0 N–H and O–H groups in total. The third kappa shape index (κ3) is 4.68. The highest BCUT2D eigenvalue weighted by molar-refractivity contribution is 7.89. The molecule has 0 aliphatic rings. The average molecular weight is 461 g/mol. The maximum absolute atomic E-state index is 13.2. The van der Waals surface area contributed by atoms with Crippen molar-refractivity contribution in [3.8, 4) is 0 Å². The molecule has 1 unspecified atom stereocenters. The van der Waals surface area contributed by atoms with Crippen molar-refractivity contribution >= 4 is 27.0 Å². The predicted molar refractivity (Wildman–Crippen MR) is 122 cm³/mol. The molecule has 1 atom stereocenters. The molecule has 0 spiro atoms. The van der Waals surface area contributed by atoms with Crippen LogP contribution in [0.15, 0.2) is 47.4 Å². The summed E-state index contributed by atoms with van der Waals surface area (Å²) in [5, 5.41) is 0. The van der Waals surface area contributed by atoms with E-state index in [-0.39, 0.29) is 29.1 Å². The Bertz CT molecular complexity index is 1220. The van der Waals surface area contributed by atoms with Gasteiger partial charge in [0.2, 0.25) is 15.9 Å². The van der Waals surface area contributed by atoms with E-state index >= 15 is 0 Å². The van der Waals surface area contributed by atoms with Crippen molar-refractivity contribution in [3.05, 3.63) is 59.7 Å². The summed E-state index contributed by atoms with van der Waals surface area (Å²) in [5.41, 5.74) is 2.28. The molecule has 7 nitrogen and oxygen atoms in total. The van der Waals surface area contributed by atoms with Crippen LogP contribution in [0.4, 0.5) is 4.39 Å². The van der Waals surface area contributed by atoms with Crippen LogP contribution < -0.4 is 0 Å². The van der Waals surface area contributed by atoms with Gasteiger partial charge in [0.05, 0.1) is 22.0 Å². The van der Waals surface area contributed by atoms with E-state index in [2.05, 4.69) is 4.98 Å². The number of nitrogens with zero attached hydrogens (tertiary/aromatic N) is 4. The lowest BCUT2D eigenvalue weighted by atomic mass is 10.1. The quantitative estimate of drug-likeness (QED) is 0.515. The van der Waals surface area contributed by atoms with Gasteiger partial charge in [-0.2, -0.15) is 0 Å². The highest BCUT2D eigenvalue weighted by Crippen LogP contribution is 2.24. The Morgan fingerprint density at radius 2 is 1.78 bits per heavy atom. The molecule has 0 bridgehead atoms. The van der Waals surface area contributed by atoms with Crippen molar-refractivity contribution < 1.29 is 17.6 Å². The molecule has 0 fully saturated rings. The van der Waals surface area contributed by atoms with Gasteiger partial charge in [-0.05, 0) is 49.7 Å². The Balaban J connectivity index is 1.79. The molecule has 3 rings (SSSR count). The van der Waals surface area contributed by atoms with E-state index in [9.17, 15) is 17.6 Å². The SMILES string of the molecule is CCn1c(CCC(=O)N(C)C(C)c2ccc(F)cc2)nc2cc(S(=O)(=O)N(C)C)ccc21. The molecule has 2 aromatic carbocycles. The van der Waals surface area contributed by atoms with E-state index in [0.717, 1.165) is 16.9 Å². The molecule has 1 heterocycles. The molecule has 0 saturated carbocycles. The first-order valence-corrected chi connectivity index (χ1v) is 11.9. The third-order valence-corrected chi connectivity index (χ3v) is 7.59. The molecule has 172 valence electrons. The minimum absolute atomic E-state index is 0.0487. The molecular formula is C23H29FN4O3S. The fourth-order valence-electron chi connectivity index (χ4n) is 3.65. The van der Waals surface area contributed by atoms with E-state index in [0.29, 0.717) is 18.5 Å². The molecule has 0 saturated heterocycles. The number of aromatic nitrogens is 2. The van der Waals surface area contributed by atoms with Crippen molar-refractivity contribution in [2.24, 2.45) is 0 Å². The Hall–Kier alpha value is -2.78. The standard InChI is InChI=1S/C23H29FN4O3S/c1-6-28-21-12-11-19(32(30,31)26(3)4)15-20(21)25-22(28)13-14-23(29)27(5)16(2)17-7-9-18(24)10-8-17/h7-12,15-16H,6,13-14H2,1-5H3. The molecule has 0 aliphatic heterocycles. The summed E-state index contributed by atoms with van der Waals surface area (Å²) in [6.45, 7) is 4.54. The highest BCUT2D eigenvalue weighted by Gasteiger charge is 2.21. The zero-order valence-electron chi connectivity index (χ0n) is 19.0. The number of benzene rings is 2. The minimum Gasteiger partial charge on any atom is -0.339 e. The van der Waals surface area contributed by atoms with E-state index in [1.807, 2.05) is 18.4 Å². The summed E-state index contributed by atoms with van der Waals surface area (Å²) in [4.78, 5) is 19.3. The number of hydrogen-bond donors (Lipinski definition) is 0.